The first-order chi connectivity index (χ1) is 12.5. The molecule has 2 atom stereocenters. The van der Waals surface area contributed by atoms with Crippen LogP contribution in [0, 0.1) is 25.7 Å². The topological polar surface area (TPSA) is 61.4 Å². The van der Waals surface area contributed by atoms with Crippen molar-refractivity contribution in [2.24, 2.45) is 11.8 Å². The maximum absolute atomic E-state index is 12.2. The molecular formula is C21H31N3O2. The van der Waals surface area contributed by atoms with Gasteiger partial charge >= 0.3 is 0 Å². The third-order valence-corrected chi connectivity index (χ3v) is 5.93. The first kappa shape index (κ1) is 18.9. The molecule has 2 amide bonds. The van der Waals surface area contributed by atoms with Gasteiger partial charge < -0.3 is 10.6 Å². The quantitative estimate of drug-likeness (QED) is 0.852. The van der Waals surface area contributed by atoms with Gasteiger partial charge in [-0.1, -0.05) is 37.5 Å². The number of carbonyl (C=O) groups is 2. The fraction of sp³-hybridized carbons (Fsp3) is 0.619. The number of anilines is 1. The molecule has 1 saturated carbocycles. The minimum atomic E-state index is -0.179. The van der Waals surface area contributed by atoms with E-state index in [-0.39, 0.29) is 18.4 Å². The van der Waals surface area contributed by atoms with Crippen LogP contribution in [-0.2, 0) is 9.59 Å². The largest absolute Gasteiger partial charge is 0.346 e. The molecule has 1 aromatic rings. The SMILES string of the molecule is Cc1cccc(C)c1NC(=O)CNC(=O)CN1CCC2CCCCC2C1. The highest BCUT2D eigenvalue weighted by atomic mass is 16.2. The smallest absolute Gasteiger partial charge is 0.243 e. The van der Waals surface area contributed by atoms with Crippen LogP contribution in [0.3, 0.4) is 0 Å². The summed E-state index contributed by atoms with van der Waals surface area (Å²) in [6.07, 6.45) is 6.59. The monoisotopic (exact) mass is 357 g/mol. The second-order valence-electron chi connectivity index (χ2n) is 7.92. The van der Waals surface area contributed by atoms with Crippen LogP contribution < -0.4 is 10.6 Å². The number of nitrogens with one attached hydrogen (secondary N) is 2. The summed E-state index contributed by atoms with van der Waals surface area (Å²) >= 11 is 0. The summed E-state index contributed by atoms with van der Waals surface area (Å²) < 4.78 is 0. The molecule has 1 heterocycles. The van der Waals surface area contributed by atoms with Crippen LogP contribution >= 0.6 is 0 Å². The van der Waals surface area contributed by atoms with Gasteiger partial charge in [0.15, 0.2) is 0 Å². The first-order valence-electron chi connectivity index (χ1n) is 9.88. The average Bonchev–Trinajstić information content (AvgIpc) is 2.63. The zero-order valence-corrected chi connectivity index (χ0v) is 16.0. The van der Waals surface area contributed by atoms with Gasteiger partial charge in [0, 0.05) is 12.2 Å². The average molecular weight is 357 g/mol. The maximum atomic E-state index is 12.2. The molecule has 0 spiro atoms. The molecule has 2 fully saturated rings. The molecule has 1 aromatic carbocycles. The molecule has 0 bridgehead atoms. The van der Waals surface area contributed by atoms with Crippen molar-refractivity contribution in [1.29, 1.82) is 0 Å². The summed E-state index contributed by atoms with van der Waals surface area (Å²) in [7, 11) is 0. The Morgan fingerprint density at radius 3 is 2.46 bits per heavy atom. The molecule has 142 valence electrons. The number of rotatable bonds is 5. The van der Waals surface area contributed by atoms with Crippen LogP contribution in [-0.4, -0.2) is 42.9 Å². The molecular weight excluding hydrogens is 326 g/mol. The predicted molar refractivity (Wildman–Crippen MR) is 104 cm³/mol. The number of para-hydroxylation sites is 1. The van der Waals surface area contributed by atoms with Gasteiger partial charge in [0.1, 0.15) is 0 Å². The number of aryl methyl sites for hydroxylation is 2. The molecule has 2 N–H and O–H groups in total. The number of hydrogen-bond acceptors (Lipinski definition) is 3. The Morgan fingerprint density at radius 1 is 1.04 bits per heavy atom. The summed E-state index contributed by atoms with van der Waals surface area (Å²) in [6.45, 7) is 6.40. The Hall–Kier alpha value is -1.88. The molecule has 0 radical (unpaired) electrons. The van der Waals surface area contributed by atoms with Gasteiger partial charge in [-0.05, 0) is 56.2 Å². The maximum Gasteiger partial charge on any atom is 0.243 e. The number of nitrogens with zero attached hydrogens (tertiary/aromatic N) is 1. The van der Waals surface area contributed by atoms with Crippen LogP contribution in [0.15, 0.2) is 18.2 Å². The third-order valence-electron chi connectivity index (χ3n) is 5.93. The van der Waals surface area contributed by atoms with Crippen molar-refractivity contribution in [2.45, 2.75) is 46.0 Å². The van der Waals surface area contributed by atoms with E-state index in [9.17, 15) is 9.59 Å². The molecule has 1 aliphatic heterocycles. The van der Waals surface area contributed by atoms with Gasteiger partial charge in [0.05, 0.1) is 13.1 Å². The standard InChI is InChI=1S/C21H31N3O2/c1-15-6-5-7-16(2)21(15)23-19(25)12-22-20(26)14-24-11-10-17-8-3-4-9-18(17)13-24/h5-7,17-18H,3-4,8-14H2,1-2H3,(H,22,26)(H,23,25). The van der Waals surface area contributed by atoms with E-state index in [1.807, 2.05) is 32.0 Å². The zero-order chi connectivity index (χ0) is 18.5. The van der Waals surface area contributed by atoms with Gasteiger partial charge in [-0.15, -0.1) is 0 Å². The lowest BCUT2D eigenvalue weighted by Crippen LogP contribution is -2.47. The minimum absolute atomic E-state index is 0.0203. The van der Waals surface area contributed by atoms with Gasteiger partial charge in [0.2, 0.25) is 11.8 Å². The van der Waals surface area contributed by atoms with E-state index in [2.05, 4.69) is 15.5 Å². The van der Waals surface area contributed by atoms with E-state index in [0.29, 0.717) is 6.54 Å². The molecule has 2 aliphatic rings. The predicted octanol–water partition coefficient (Wildman–Crippen LogP) is 2.87. The first-order valence-corrected chi connectivity index (χ1v) is 9.88. The lowest BCUT2D eigenvalue weighted by molar-refractivity contribution is -0.125. The molecule has 2 unspecified atom stereocenters. The van der Waals surface area contributed by atoms with Gasteiger partial charge in [-0.3, -0.25) is 14.5 Å². The van der Waals surface area contributed by atoms with Crippen LogP contribution in [0.4, 0.5) is 5.69 Å². The van der Waals surface area contributed by atoms with E-state index >= 15 is 0 Å². The zero-order valence-electron chi connectivity index (χ0n) is 16.0. The lowest BCUT2D eigenvalue weighted by atomic mass is 9.75. The highest BCUT2D eigenvalue weighted by Gasteiger charge is 2.31. The van der Waals surface area contributed by atoms with E-state index in [4.69, 9.17) is 0 Å². The lowest BCUT2D eigenvalue weighted by Gasteiger charge is -2.41. The van der Waals surface area contributed by atoms with Crippen LogP contribution in [0.2, 0.25) is 0 Å². The van der Waals surface area contributed by atoms with Gasteiger partial charge in [-0.2, -0.15) is 0 Å². The van der Waals surface area contributed by atoms with E-state index in [1.54, 1.807) is 0 Å². The normalized spacial score (nSPS) is 23.2. The Morgan fingerprint density at radius 2 is 1.73 bits per heavy atom. The number of hydrogen-bond donors (Lipinski definition) is 2. The van der Waals surface area contributed by atoms with Crippen molar-refractivity contribution < 1.29 is 9.59 Å². The number of likely N-dealkylation sites (tertiary alicyclic amines) is 1. The van der Waals surface area contributed by atoms with Crippen LogP contribution in [0.5, 0.6) is 0 Å². The molecule has 1 saturated heterocycles. The van der Waals surface area contributed by atoms with E-state index in [1.165, 1.54) is 32.1 Å². The highest BCUT2D eigenvalue weighted by Crippen LogP contribution is 2.35. The summed E-state index contributed by atoms with van der Waals surface area (Å²) in [6, 6.07) is 5.91. The molecule has 5 nitrogen and oxygen atoms in total. The second kappa shape index (κ2) is 8.67. The summed E-state index contributed by atoms with van der Waals surface area (Å²) in [4.78, 5) is 26.6. The number of carbonyl (C=O) groups excluding carboxylic acids is 2. The molecule has 0 aromatic heterocycles. The molecule has 1 aliphatic carbocycles. The fourth-order valence-electron chi connectivity index (χ4n) is 4.45. The van der Waals surface area contributed by atoms with Gasteiger partial charge in [-0.25, -0.2) is 0 Å². The number of piperidine rings is 1. The summed E-state index contributed by atoms with van der Waals surface area (Å²) in [5, 5.41) is 5.68. The van der Waals surface area contributed by atoms with Crippen molar-refractivity contribution in [3.63, 3.8) is 0 Å². The van der Waals surface area contributed by atoms with Crippen molar-refractivity contribution in [3.05, 3.63) is 29.3 Å². The van der Waals surface area contributed by atoms with Gasteiger partial charge in [0.25, 0.3) is 0 Å². The Balaban J connectivity index is 1.42. The fourth-order valence-corrected chi connectivity index (χ4v) is 4.45. The van der Waals surface area contributed by atoms with E-state index < -0.39 is 0 Å². The van der Waals surface area contributed by atoms with Crippen molar-refractivity contribution in [3.8, 4) is 0 Å². The molecule has 3 rings (SSSR count). The van der Waals surface area contributed by atoms with E-state index in [0.717, 1.165) is 41.7 Å². The number of benzene rings is 1. The Labute approximate surface area is 156 Å². The van der Waals surface area contributed by atoms with Crippen LogP contribution in [0.1, 0.15) is 43.2 Å². The molecule has 5 heteroatoms. The van der Waals surface area contributed by atoms with Crippen molar-refractivity contribution in [1.82, 2.24) is 10.2 Å². The minimum Gasteiger partial charge on any atom is -0.346 e. The van der Waals surface area contributed by atoms with Crippen LogP contribution in [0.25, 0.3) is 0 Å². The Bertz CT molecular complexity index is 638. The Kier molecular flexibility index (Phi) is 6.30. The summed E-state index contributed by atoms with van der Waals surface area (Å²) in [5.41, 5.74) is 2.89. The number of fused-ring (bicyclic) bond motifs is 1. The van der Waals surface area contributed by atoms with Crippen molar-refractivity contribution in [2.75, 3.05) is 31.5 Å². The third kappa shape index (κ3) is 4.85. The summed E-state index contributed by atoms with van der Waals surface area (Å²) in [5.74, 6) is 1.39. The number of amides is 2. The van der Waals surface area contributed by atoms with Crippen molar-refractivity contribution >= 4 is 17.5 Å². The second-order valence-corrected chi connectivity index (χ2v) is 7.92. The molecule has 26 heavy (non-hydrogen) atoms. The highest BCUT2D eigenvalue weighted by molar-refractivity contribution is 5.95.